The second-order valence-electron chi connectivity index (χ2n) is 8.74. The maximum atomic E-state index is 6.17. The lowest BCUT2D eigenvalue weighted by Gasteiger charge is -2.32. The monoisotopic (exact) mass is 432 g/mol. The summed E-state index contributed by atoms with van der Waals surface area (Å²) in [5, 5.41) is 6.97. The van der Waals surface area contributed by atoms with Crippen molar-refractivity contribution in [1.82, 2.24) is 15.5 Å². The van der Waals surface area contributed by atoms with Crippen molar-refractivity contribution in [2.24, 2.45) is 16.8 Å². The van der Waals surface area contributed by atoms with Gasteiger partial charge in [-0.25, -0.2) is 0 Å². The first-order valence-corrected chi connectivity index (χ1v) is 11.6. The van der Waals surface area contributed by atoms with Crippen molar-refractivity contribution in [1.29, 1.82) is 0 Å². The van der Waals surface area contributed by atoms with E-state index in [2.05, 4.69) is 45.6 Å². The number of hydrogen-bond donors (Lipinski definition) is 2. The first-order valence-electron chi connectivity index (χ1n) is 11.6. The minimum Gasteiger partial charge on any atom is -0.493 e. The number of aliphatic imine (C=N–C) groups is 1. The first-order chi connectivity index (χ1) is 15.2. The highest BCUT2D eigenvalue weighted by Crippen LogP contribution is 2.23. The number of likely N-dealkylation sites (tertiary alicyclic amines) is 1. The zero-order valence-corrected chi connectivity index (χ0v) is 19.5. The third kappa shape index (κ3) is 7.98. The lowest BCUT2D eigenvalue weighted by atomic mass is 9.97. The summed E-state index contributed by atoms with van der Waals surface area (Å²) in [5.74, 6) is 2.98. The molecule has 0 aromatic heterocycles. The highest BCUT2D eigenvalue weighted by molar-refractivity contribution is 5.79. The third-order valence-corrected chi connectivity index (χ3v) is 6.27. The van der Waals surface area contributed by atoms with Crippen LogP contribution in [0.4, 0.5) is 0 Å². The van der Waals surface area contributed by atoms with Crippen LogP contribution in [0.3, 0.4) is 0 Å². The molecule has 2 saturated heterocycles. The number of ether oxygens (including phenoxy) is 3. The predicted molar refractivity (Wildman–Crippen MR) is 125 cm³/mol. The number of methoxy groups -OCH3 is 1. The van der Waals surface area contributed by atoms with Gasteiger partial charge in [-0.1, -0.05) is 12.1 Å². The van der Waals surface area contributed by atoms with Gasteiger partial charge in [-0.05, 0) is 56.8 Å². The molecule has 1 aromatic rings. The van der Waals surface area contributed by atoms with Gasteiger partial charge in [0.2, 0.25) is 0 Å². The van der Waals surface area contributed by atoms with E-state index in [9.17, 15) is 0 Å². The molecule has 2 N–H and O–H groups in total. The number of guanidine groups is 1. The van der Waals surface area contributed by atoms with E-state index >= 15 is 0 Å². The quantitative estimate of drug-likeness (QED) is 0.437. The molecule has 2 aliphatic rings. The van der Waals surface area contributed by atoms with E-state index in [1.165, 1.54) is 18.4 Å². The van der Waals surface area contributed by atoms with E-state index in [-0.39, 0.29) is 0 Å². The molecule has 0 aliphatic carbocycles. The van der Waals surface area contributed by atoms with Gasteiger partial charge in [-0.15, -0.1) is 0 Å². The minimum atomic E-state index is 0.497. The smallest absolute Gasteiger partial charge is 0.191 e. The van der Waals surface area contributed by atoms with Crippen molar-refractivity contribution in [2.45, 2.75) is 32.7 Å². The molecule has 2 aliphatic heterocycles. The summed E-state index contributed by atoms with van der Waals surface area (Å²) in [5.41, 5.74) is 2.36. The topological polar surface area (TPSA) is 67.4 Å². The van der Waals surface area contributed by atoms with E-state index in [0.717, 1.165) is 69.7 Å². The second-order valence-corrected chi connectivity index (χ2v) is 8.74. The Balaban J connectivity index is 1.43. The number of benzene rings is 1. The molecule has 0 radical (unpaired) electrons. The Kier molecular flexibility index (Phi) is 9.90. The van der Waals surface area contributed by atoms with Crippen molar-refractivity contribution < 1.29 is 14.2 Å². The van der Waals surface area contributed by atoms with Crippen LogP contribution in [0.5, 0.6) is 5.75 Å². The highest BCUT2D eigenvalue weighted by atomic mass is 16.5. The van der Waals surface area contributed by atoms with Crippen LogP contribution < -0.4 is 15.4 Å². The maximum Gasteiger partial charge on any atom is 0.191 e. The highest BCUT2D eigenvalue weighted by Gasteiger charge is 2.19. The first kappa shape index (κ1) is 23.8. The zero-order chi connectivity index (χ0) is 21.9. The van der Waals surface area contributed by atoms with E-state index in [4.69, 9.17) is 14.2 Å². The molecule has 7 nitrogen and oxygen atoms in total. The largest absolute Gasteiger partial charge is 0.493 e. The van der Waals surface area contributed by atoms with Gasteiger partial charge in [0.25, 0.3) is 0 Å². The molecule has 7 heteroatoms. The normalized spacial score (nSPS) is 20.7. The van der Waals surface area contributed by atoms with Crippen LogP contribution in [0.15, 0.2) is 23.2 Å². The Morgan fingerprint density at radius 3 is 2.74 bits per heavy atom. The Hall–Kier alpha value is -1.83. The average Bonchev–Trinajstić information content (AvgIpc) is 3.32. The summed E-state index contributed by atoms with van der Waals surface area (Å²) in [7, 11) is 3.60. The Morgan fingerprint density at radius 1 is 1.19 bits per heavy atom. The molecule has 0 amide bonds. The van der Waals surface area contributed by atoms with E-state index in [0.29, 0.717) is 25.0 Å². The Morgan fingerprint density at radius 2 is 2.03 bits per heavy atom. The molecule has 31 heavy (non-hydrogen) atoms. The van der Waals surface area contributed by atoms with Crippen LogP contribution in [-0.4, -0.2) is 77.6 Å². The van der Waals surface area contributed by atoms with Gasteiger partial charge in [-0.3, -0.25) is 4.99 Å². The zero-order valence-electron chi connectivity index (χ0n) is 19.5. The maximum absolute atomic E-state index is 6.17. The molecule has 1 aromatic carbocycles. The van der Waals surface area contributed by atoms with Gasteiger partial charge < -0.3 is 29.7 Å². The van der Waals surface area contributed by atoms with Crippen LogP contribution in [0.25, 0.3) is 0 Å². The van der Waals surface area contributed by atoms with Crippen molar-refractivity contribution in [3.63, 3.8) is 0 Å². The van der Waals surface area contributed by atoms with Gasteiger partial charge >= 0.3 is 0 Å². The molecule has 0 bridgehead atoms. The molecule has 3 rings (SSSR count). The average molecular weight is 433 g/mol. The fourth-order valence-corrected chi connectivity index (χ4v) is 4.14. The summed E-state index contributed by atoms with van der Waals surface area (Å²) in [6.07, 6.45) is 3.52. The van der Waals surface area contributed by atoms with Crippen LogP contribution in [0, 0.1) is 18.8 Å². The molecular weight excluding hydrogens is 392 g/mol. The number of rotatable bonds is 10. The fraction of sp³-hybridized carbons (Fsp3) is 0.708. The predicted octanol–water partition coefficient (Wildman–Crippen LogP) is 2.43. The minimum absolute atomic E-state index is 0.497. The summed E-state index contributed by atoms with van der Waals surface area (Å²) in [4.78, 5) is 6.90. The Bertz CT molecular complexity index is 683. The van der Waals surface area contributed by atoms with Crippen molar-refractivity contribution in [3.8, 4) is 5.75 Å². The number of nitrogens with zero attached hydrogens (tertiary/aromatic N) is 2. The molecule has 174 valence electrons. The van der Waals surface area contributed by atoms with Crippen LogP contribution >= 0.6 is 0 Å². The summed E-state index contributed by atoms with van der Waals surface area (Å²) in [6, 6.07) is 6.41. The summed E-state index contributed by atoms with van der Waals surface area (Å²) >= 11 is 0. The Labute approximate surface area is 187 Å². The van der Waals surface area contributed by atoms with Gasteiger partial charge in [0.05, 0.1) is 19.8 Å². The lowest BCUT2D eigenvalue weighted by molar-refractivity contribution is 0.121. The molecule has 0 saturated carbocycles. The lowest BCUT2D eigenvalue weighted by Crippen LogP contribution is -2.43. The van der Waals surface area contributed by atoms with Gasteiger partial charge in [-0.2, -0.15) is 0 Å². The molecule has 2 fully saturated rings. The van der Waals surface area contributed by atoms with Gasteiger partial charge in [0.15, 0.2) is 5.96 Å². The summed E-state index contributed by atoms with van der Waals surface area (Å²) in [6.45, 7) is 10.3. The van der Waals surface area contributed by atoms with Crippen LogP contribution in [-0.2, 0) is 16.0 Å². The van der Waals surface area contributed by atoms with Crippen molar-refractivity contribution in [2.75, 3.05) is 66.8 Å². The standard InChI is InChI=1S/C24H40N4O3/c1-19-4-5-22(23(14-19)31-18-21-8-12-30-17-21)16-27-24(25-2)26-15-20-6-9-28(10-7-20)11-13-29-3/h4-5,14,20-21H,6-13,15-18H2,1-3H3,(H2,25,26,27). The van der Waals surface area contributed by atoms with Crippen LogP contribution in [0.1, 0.15) is 30.4 Å². The summed E-state index contributed by atoms with van der Waals surface area (Å²) < 4.78 is 16.8. The molecular formula is C24H40N4O3. The van der Waals surface area contributed by atoms with E-state index < -0.39 is 0 Å². The fourth-order valence-electron chi connectivity index (χ4n) is 4.14. The number of aryl methyl sites for hydroxylation is 1. The van der Waals surface area contributed by atoms with Crippen LogP contribution in [0.2, 0.25) is 0 Å². The second kappa shape index (κ2) is 12.9. The molecule has 1 atom stereocenters. The molecule has 0 spiro atoms. The molecule has 2 heterocycles. The van der Waals surface area contributed by atoms with E-state index in [1.807, 2.05) is 7.05 Å². The molecule has 1 unspecified atom stereocenters. The van der Waals surface area contributed by atoms with Crippen molar-refractivity contribution in [3.05, 3.63) is 29.3 Å². The van der Waals surface area contributed by atoms with Crippen molar-refractivity contribution >= 4 is 5.96 Å². The van der Waals surface area contributed by atoms with Gasteiger partial charge in [0, 0.05) is 51.9 Å². The van der Waals surface area contributed by atoms with E-state index in [1.54, 1.807) is 7.11 Å². The number of nitrogens with one attached hydrogen (secondary N) is 2. The third-order valence-electron chi connectivity index (χ3n) is 6.27. The number of piperidine rings is 1. The van der Waals surface area contributed by atoms with Gasteiger partial charge in [0.1, 0.15) is 5.75 Å². The number of hydrogen-bond acceptors (Lipinski definition) is 5. The SMILES string of the molecule is CN=C(NCc1ccc(C)cc1OCC1CCOC1)NCC1CCN(CCOC)CC1.